The van der Waals surface area contributed by atoms with Crippen molar-refractivity contribution in [3.8, 4) is 0 Å². The standard InChI is InChI=1S/C10H9Br/c1-2-10(11)8-9-6-4-3-5-7-9/h2-8H,1H2/b10-8-. The fourth-order valence-corrected chi connectivity index (χ4v) is 1.03. The van der Waals surface area contributed by atoms with Crippen LogP contribution in [0.1, 0.15) is 5.56 Å². The molecule has 1 heteroatoms. The Balaban J connectivity index is 2.87. The molecule has 0 N–H and O–H groups in total. The van der Waals surface area contributed by atoms with E-state index in [0.717, 1.165) is 4.48 Å². The number of allylic oxidation sites excluding steroid dienone is 2. The van der Waals surface area contributed by atoms with E-state index in [0.29, 0.717) is 0 Å². The molecule has 1 rings (SSSR count). The Morgan fingerprint density at radius 2 is 1.91 bits per heavy atom. The Morgan fingerprint density at radius 1 is 1.27 bits per heavy atom. The van der Waals surface area contributed by atoms with Crippen LogP contribution in [0.4, 0.5) is 0 Å². The molecule has 0 aromatic heterocycles. The van der Waals surface area contributed by atoms with Crippen LogP contribution < -0.4 is 0 Å². The summed E-state index contributed by atoms with van der Waals surface area (Å²) in [5.74, 6) is 0. The van der Waals surface area contributed by atoms with Crippen LogP contribution in [0.25, 0.3) is 6.08 Å². The number of rotatable bonds is 2. The van der Waals surface area contributed by atoms with Crippen molar-refractivity contribution in [2.75, 3.05) is 0 Å². The first-order valence-corrected chi connectivity index (χ1v) is 4.17. The summed E-state index contributed by atoms with van der Waals surface area (Å²) < 4.78 is 1.00. The second kappa shape index (κ2) is 4.14. The van der Waals surface area contributed by atoms with Crippen LogP contribution in [0.3, 0.4) is 0 Å². The van der Waals surface area contributed by atoms with Crippen molar-refractivity contribution in [1.29, 1.82) is 0 Å². The summed E-state index contributed by atoms with van der Waals surface area (Å²) in [5.41, 5.74) is 1.18. The third-order valence-electron chi connectivity index (χ3n) is 1.30. The minimum Gasteiger partial charge on any atom is -0.0979 e. The molecule has 0 nitrogen and oxygen atoms in total. The summed E-state index contributed by atoms with van der Waals surface area (Å²) in [6.07, 6.45) is 3.79. The van der Waals surface area contributed by atoms with Gasteiger partial charge in [0.2, 0.25) is 0 Å². The molecule has 0 bridgehead atoms. The van der Waals surface area contributed by atoms with Gasteiger partial charge in [0, 0.05) is 4.48 Å². The molecule has 0 amide bonds. The van der Waals surface area contributed by atoms with Gasteiger partial charge in [-0.2, -0.15) is 0 Å². The van der Waals surface area contributed by atoms with Crippen molar-refractivity contribution < 1.29 is 0 Å². The van der Waals surface area contributed by atoms with Gasteiger partial charge in [-0.15, -0.1) is 0 Å². The van der Waals surface area contributed by atoms with Crippen LogP contribution >= 0.6 is 15.9 Å². The lowest BCUT2D eigenvalue weighted by Crippen LogP contribution is -1.68. The van der Waals surface area contributed by atoms with Gasteiger partial charge in [0.25, 0.3) is 0 Å². The van der Waals surface area contributed by atoms with Crippen molar-refractivity contribution in [2.24, 2.45) is 0 Å². The van der Waals surface area contributed by atoms with Crippen LogP contribution in [-0.4, -0.2) is 0 Å². The van der Waals surface area contributed by atoms with E-state index in [1.54, 1.807) is 6.08 Å². The molecule has 0 spiro atoms. The molecule has 56 valence electrons. The molecule has 0 saturated carbocycles. The molecule has 0 radical (unpaired) electrons. The van der Waals surface area contributed by atoms with Gasteiger partial charge in [0.1, 0.15) is 0 Å². The van der Waals surface area contributed by atoms with E-state index in [1.807, 2.05) is 36.4 Å². The van der Waals surface area contributed by atoms with Crippen LogP contribution in [0.2, 0.25) is 0 Å². The largest absolute Gasteiger partial charge is 0.0979 e. The van der Waals surface area contributed by atoms with Gasteiger partial charge < -0.3 is 0 Å². The van der Waals surface area contributed by atoms with E-state index in [4.69, 9.17) is 0 Å². The average Bonchev–Trinajstić information content (AvgIpc) is 2.06. The molecule has 1 aromatic carbocycles. The Hall–Kier alpha value is -0.820. The molecule has 0 heterocycles. The number of hydrogen-bond donors (Lipinski definition) is 0. The highest BCUT2D eigenvalue weighted by Gasteiger charge is 1.85. The zero-order chi connectivity index (χ0) is 8.10. The summed E-state index contributed by atoms with van der Waals surface area (Å²) in [6.45, 7) is 3.64. The summed E-state index contributed by atoms with van der Waals surface area (Å²) in [5, 5.41) is 0. The first kappa shape index (κ1) is 8.28. The van der Waals surface area contributed by atoms with E-state index < -0.39 is 0 Å². The number of hydrogen-bond acceptors (Lipinski definition) is 0. The van der Waals surface area contributed by atoms with Gasteiger partial charge in [0.15, 0.2) is 0 Å². The first-order chi connectivity index (χ1) is 5.33. The minimum atomic E-state index is 1.00. The number of halogens is 1. The van der Waals surface area contributed by atoms with Crippen LogP contribution in [0, 0.1) is 0 Å². The summed E-state index contributed by atoms with van der Waals surface area (Å²) in [6, 6.07) is 10.1. The maximum atomic E-state index is 3.64. The van der Waals surface area contributed by atoms with Gasteiger partial charge >= 0.3 is 0 Å². The van der Waals surface area contributed by atoms with Gasteiger partial charge in [0.05, 0.1) is 0 Å². The van der Waals surface area contributed by atoms with Gasteiger partial charge in [-0.3, -0.25) is 0 Å². The zero-order valence-electron chi connectivity index (χ0n) is 6.13. The lowest BCUT2D eigenvalue weighted by Gasteiger charge is -1.91. The summed E-state index contributed by atoms with van der Waals surface area (Å²) in [4.78, 5) is 0. The maximum Gasteiger partial charge on any atom is 0.0175 e. The average molecular weight is 209 g/mol. The Morgan fingerprint density at radius 3 is 2.45 bits per heavy atom. The van der Waals surface area contributed by atoms with Crippen LogP contribution in [0.15, 0.2) is 47.5 Å². The van der Waals surface area contributed by atoms with Crippen LogP contribution in [-0.2, 0) is 0 Å². The van der Waals surface area contributed by atoms with Crippen molar-refractivity contribution in [3.05, 3.63) is 53.0 Å². The Bertz CT molecular complexity index is 259. The van der Waals surface area contributed by atoms with E-state index in [-0.39, 0.29) is 0 Å². The first-order valence-electron chi connectivity index (χ1n) is 3.37. The topological polar surface area (TPSA) is 0 Å². The van der Waals surface area contributed by atoms with E-state index >= 15 is 0 Å². The van der Waals surface area contributed by atoms with E-state index in [2.05, 4.69) is 22.5 Å². The molecular weight excluding hydrogens is 200 g/mol. The summed E-state index contributed by atoms with van der Waals surface area (Å²) >= 11 is 3.36. The van der Waals surface area contributed by atoms with Gasteiger partial charge in [-0.05, 0) is 11.6 Å². The lowest BCUT2D eigenvalue weighted by molar-refractivity contribution is 1.66. The molecular formula is C10H9Br. The molecule has 0 unspecified atom stereocenters. The van der Waals surface area contributed by atoms with Crippen molar-refractivity contribution in [1.82, 2.24) is 0 Å². The lowest BCUT2D eigenvalue weighted by atomic mass is 10.2. The third-order valence-corrected chi connectivity index (χ3v) is 1.85. The molecule has 0 aliphatic heterocycles. The smallest absolute Gasteiger partial charge is 0.0175 e. The van der Waals surface area contributed by atoms with E-state index in [9.17, 15) is 0 Å². The fraction of sp³-hybridized carbons (Fsp3) is 0. The highest BCUT2D eigenvalue weighted by Crippen LogP contribution is 2.11. The van der Waals surface area contributed by atoms with Gasteiger partial charge in [-0.1, -0.05) is 58.9 Å². The maximum absolute atomic E-state index is 3.64. The second-order valence-electron chi connectivity index (χ2n) is 2.14. The van der Waals surface area contributed by atoms with Crippen LogP contribution in [0.5, 0.6) is 0 Å². The highest BCUT2D eigenvalue weighted by molar-refractivity contribution is 9.12. The van der Waals surface area contributed by atoms with Crippen molar-refractivity contribution in [3.63, 3.8) is 0 Å². The molecule has 0 aliphatic rings. The monoisotopic (exact) mass is 208 g/mol. The quantitative estimate of drug-likeness (QED) is 0.652. The Labute approximate surface area is 75.4 Å². The fourth-order valence-electron chi connectivity index (χ4n) is 0.767. The number of benzene rings is 1. The highest BCUT2D eigenvalue weighted by atomic mass is 79.9. The zero-order valence-corrected chi connectivity index (χ0v) is 7.71. The van der Waals surface area contributed by atoms with Crippen molar-refractivity contribution >= 4 is 22.0 Å². The van der Waals surface area contributed by atoms with Gasteiger partial charge in [-0.25, -0.2) is 0 Å². The SMILES string of the molecule is C=C/C(Br)=C/c1ccccc1. The Kier molecular flexibility index (Phi) is 3.12. The molecule has 0 fully saturated rings. The molecule has 11 heavy (non-hydrogen) atoms. The third kappa shape index (κ3) is 2.72. The van der Waals surface area contributed by atoms with E-state index in [1.165, 1.54) is 5.56 Å². The normalized spacial score (nSPS) is 11.2. The molecule has 1 aromatic rings. The summed E-state index contributed by atoms with van der Waals surface area (Å²) in [7, 11) is 0. The second-order valence-corrected chi connectivity index (χ2v) is 3.06. The predicted molar refractivity (Wildman–Crippen MR) is 53.5 cm³/mol. The molecule has 0 atom stereocenters. The predicted octanol–water partition coefficient (Wildman–Crippen LogP) is 3.61. The van der Waals surface area contributed by atoms with Crippen molar-refractivity contribution in [2.45, 2.75) is 0 Å². The molecule has 0 aliphatic carbocycles. The molecule has 0 saturated heterocycles. The minimum absolute atomic E-state index is 1.00.